The summed E-state index contributed by atoms with van der Waals surface area (Å²) in [5.41, 5.74) is 3.09. The Bertz CT molecular complexity index is 1080. The van der Waals surface area contributed by atoms with E-state index in [1.54, 1.807) is 0 Å². The van der Waals surface area contributed by atoms with Crippen molar-refractivity contribution in [3.05, 3.63) is 96.6 Å². The van der Waals surface area contributed by atoms with Crippen molar-refractivity contribution in [2.75, 3.05) is 11.7 Å². The summed E-state index contributed by atoms with van der Waals surface area (Å²) in [7, 11) is -10.7. The molecule has 3 aromatic rings. The molecule has 0 saturated carbocycles. The van der Waals surface area contributed by atoms with Crippen LogP contribution in [0.5, 0.6) is 0 Å². The Morgan fingerprint density at radius 2 is 1.13 bits per heavy atom. The van der Waals surface area contributed by atoms with Crippen LogP contribution in [-0.4, -0.2) is 17.2 Å². The summed E-state index contributed by atoms with van der Waals surface area (Å²) in [5.74, 6) is 0.703. The van der Waals surface area contributed by atoms with E-state index < -0.39 is 7.81 Å². The number of anilines is 1. The van der Waals surface area contributed by atoms with Crippen molar-refractivity contribution in [3.8, 4) is 0 Å². The number of benzene rings is 3. The molecule has 0 spiro atoms. The van der Waals surface area contributed by atoms with Gasteiger partial charge in [0.1, 0.15) is 0 Å². The number of hydrogen-bond acceptors (Lipinski definition) is 3. The van der Waals surface area contributed by atoms with Crippen LogP contribution in [0.25, 0.3) is 0 Å². The van der Waals surface area contributed by atoms with E-state index in [0.717, 1.165) is 16.9 Å². The summed E-state index contributed by atoms with van der Waals surface area (Å²) >= 11 is 0. The van der Waals surface area contributed by atoms with Crippen LogP contribution < -0.4 is 5.01 Å². The van der Waals surface area contributed by atoms with Crippen LogP contribution in [0.15, 0.2) is 101 Å². The number of amidine groups is 1. The van der Waals surface area contributed by atoms with E-state index >= 15 is 0 Å². The molecule has 0 bridgehead atoms. The smallest absolute Gasteiger partial charge is 0.201 e. The summed E-state index contributed by atoms with van der Waals surface area (Å²) in [5, 5.41) is 11.5. The van der Waals surface area contributed by atoms with Gasteiger partial charge in [0.2, 0.25) is 11.5 Å². The molecule has 164 valence electrons. The first kappa shape index (κ1) is 22.4. The van der Waals surface area contributed by atoms with Gasteiger partial charge < -0.3 is 0 Å². The molecule has 1 aliphatic heterocycles. The zero-order valence-corrected chi connectivity index (χ0v) is 16.8. The maximum Gasteiger partial charge on any atom is 0.269 e. The second-order valence-corrected chi connectivity index (χ2v) is 8.38. The standard InChI is InChI=1S/C20H17N4.F6P/c1-4-10-17(11-5-1)20-21-23(18-12-6-2-7-13-18)16-24(22-20)19-14-8-3-9-15-19;1-7(2,3,4,5)6/h1-15H,16H2;/q+1;-1. The van der Waals surface area contributed by atoms with Gasteiger partial charge in [0.25, 0.3) is 6.67 Å². The van der Waals surface area contributed by atoms with Crippen molar-refractivity contribution in [1.82, 2.24) is 0 Å². The van der Waals surface area contributed by atoms with E-state index in [0.29, 0.717) is 12.5 Å². The second-order valence-electron chi connectivity index (χ2n) is 6.46. The van der Waals surface area contributed by atoms with E-state index in [9.17, 15) is 25.2 Å². The molecule has 1 heterocycles. The first-order valence-electron chi connectivity index (χ1n) is 8.92. The van der Waals surface area contributed by atoms with Crippen LogP contribution in [-0.2, 0) is 0 Å². The summed E-state index contributed by atoms with van der Waals surface area (Å²) in [6, 6.07) is 30.4. The van der Waals surface area contributed by atoms with Gasteiger partial charge in [-0.2, -0.15) is 0 Å². The normalized spacial score (nSPS) is 16.1. The van der Waals surface area contributed by atoms with E-state index in [1.165, 1.54) is 0 Å². The molecule has 0 amide bonds. The van der Waals surface area contributed by atoms with Crippen molar-refractivity contribution >= 4 is 25.0 Å². The van der Waals surface area contributed by atoms with Crippen molar-refractivity contribution in [2.45, 2.75) is 0 Å². The van der Waals surface area contributed by atoms with Gasteiger partial charge in [0.15, 0.2) is 0 Å². The van der Waals surface area contributed by atoms with Crippen LogP contribution in [0.4, 0.5) is 36.6 Å². The molecule has 4 nitrogen and oxygen atoms in total. The fourth-order valence-electron chi connectivity index (χ4n) is 2.62. The quantitative estimate of drug-likeness (QED) is 0.222. The Morgan fingerprint density at radius 1 is 0.677 bits per heavy atom. The maximum absolute atomic E-state index is 10.7. The molecule has 0 fully saturated rings. The summed E-state index contributed by atoms with van der Waals surface area (Å²) in [6.07, 6.45) is 0. The van der Waals surface area contributed by atoms with Crippen molar-refractivity contribution in [2.24, 2.45) is 10.2 Å². The first-order chi connectivity index (χ1) is 14.3. The van der Waals surface area contributed by atoms with Crippen molar-refractivity contribution in [1.29, 1.82) is 0 Å². The molecule has 0 N–H and O–H groups in total. The largest absolute Gasteiger partial charge is 0.269 e. The zero-order valence-electron chi connectivity index (χ0n) is 15.9. The molecular weight excluding hydrogens is 441 g/mol. The Kier molecular flexibility index (Phi) is 5.62. The summed E-state index contributed by atoms with van der Waals surface area (Å²) in [6.45, 7) is 0.574. The molecule has 0 saturated heterocycles. The Morgan fingerprint density at radius 3 is 1.65 bits per heavy atom. The molecule has 0 radical (unpaired) electrons. The predicted octanol–water partition coefficient (Wildman–Crippen LogP) is 8.00. The van der Waals surface area contributed by atoms with Crippen LogP contribution in [0.3, 0.4) is 0 Å². The Hall–Kier alpha value is -3.26. The molecule has 0 aromatic heterocycles. The monoisotopic (exact) mass is 458 g/mol. The molecule has 0 unspecified atom stereocenters. The minimum Gasteiger partial charge on any atom is -0.201 e. The minimum atomic E-state index is -10.7. The second kappa shape index (κ2) is 7.77. The number of hydrazone groups is 1. The molecule has 4 rings (SSSR count). The molecule has 31 heavy (non-hydrogen) atoms. The average molecular weight is 458 g/mol. The average Bonchev–Trinajstić information content (AvgIpc) is 2.73. The van der Waals surface area contributed by atoms with Crippen molar-refractivity contribution in [3.63, 3.8) is 0 Å². The fraction of sp³-hybridized carbons (Fsp3) is 0.0500. The Balaban J connectivity index is 0.000000339. The maximum atomic E-state index is 9.87. The minimum absolute atomic E-state index is 0.574. The van der Waals surface area contributed by atoms with Crippen LogP contribution in [0.1, 0.15) is 5.56 Å². The van der Waals surface area contributed by atoms with Crippen LogP contribution >= 0.6 is 7.81 Å². The number of azo groups is 2. The first-order valence-corrected chi connectivity index (χ1v) is 11.0. The molecular formula is C20H17F6N4P. The van der Waals surface area contributed by atoms with E-state index in [2.05, 4.69) is 24.3 Å². The SMILES string of the molecule is F[P-](F)(F)(F)(F)F.c1ccc(C2=NN(c3ccccc3)C[N+](c3ccccc3)=N2)cc1. The number of hydrogen-bond donors (Lipinski definition) is 0. The molecule has 3 aromatic carbocycles. The van der Waals surface area contributed by atoms with Crippen molar-refractivity contribution < 1.29 is 29.9 Å². The molecule has 0 aliphatic carbocycles. The van der Waals surface area contributed by atoms with Gasteiger partial charge in [0.05, 0.1) is 5.69 Å². The number of para-hydroxylation sites is 2. The third-order valence-corrected chi connectivity index (χ3v) is 3.84. The molecule has 11 heteroatoms. The van der Waals surface area contributed by atoms with Gasteiger partial charge in [0, 0.05) is 22.8 Å². The zero-order chi connectivity index (χ0) is 22.6. The number of halogens is 6. The number of rotatable bonds is 3. The molecule has 0 atom stereocenters. The van der Waals surface area contributed by atoms with E-state index in [-0.39, 0.29) is 0 Å². The Labute approximate surface area is 174 Å². The summed E-state index contributed by atoms with van der Waals surface area (Å²) < 4.78 is 61.2. The van der Waals surface area contributed by atoms with Gasteiger partial charge >= 0.3 is 33.0 Å². The molecule has 1 aliphatic rings. The summed E-state index contributed by atoms with van der Waals surface area (Å²) in [4.78, 5) is 0. The van der Waals surface area contributed by atoms with Gasteiger partial charge in [-0.15, -0.1) is 5.10 Å². The van der Waals surface area contributed by atoms with Crippen LogP contribution in [0.2, 0.25) is 0 Å². The van der Waals surface area contributed by atoms with Gasteiger partial charge in [-0.05, 0) is 12.1 Å². The van der Waals surface area contributed by atoms with Gasteiger partial charge in [-0.25, -0.2) is 5.01 Å². The predicted molar refractivity (Wildman–Crippen MR) is 109 cm³/mol. The third kappa shape index (κ3) is 8.18. The van der Waals surface area contributed by atoms with Gasteiger partial charge in [-0.1, -0.05) is 71.4 Å². The van der Waals surface area contributed by atoms with E-state index in [4.69, 9.17) is 10.2 Å². The van der Waals surface area contributed by atoms with Gasteiger partial charge in [-0.3, -0.25) is 0 Å². The fourth-order valence-corrected chi connectivity index (χ4v) is 2.62. The van der Waals surface area contributed by atoms with E-state index in [1.807, 2.05) is 76.4 Å². The third-order valence-electron chi connectivity index (χ3n) is 3.84. The number of nitrogens with zero attached hydrogens (tertiary/aromatic N) is 4. The topological polar surface area (TPSA) is 31.0 Å². The van der Waals surface area contributed by atoms with Crippen LogP contribution in [0, 0.1) is 0 Å².